The molecule has 10 nitrogen and oxygen atoms in total. The van der Waals surface area contributed by atoms with E-state index in [1.165, 1.54) is 35.0 Å². The Morgan fingerprint density at radius 2 is 1.11 bits per heavy atom. The van der Waals surface area contributed by atoms with E-state index in [9.17, 15) is 23.2 Å². The third-order valence-electron chi connectivity index (χ3n) is 11.1. The van der Waals surface area contributed by atoms with E-state index < -0.39 is 22.8 Å². The number of hydrogen-bond donors (Lipinski definition) is 1. The summed E-state index contributed by atoms with van der Waals surface area (Å²) in [7, 11) is 2.06. The van der Waals surface area contributed by atoms with E-state index in [0.29, 0.717) is 78.0 Å². The van der Waals surface area contributed by atoms with Crippen molar-refractivity contribution in [2.24, 2.45) is 0 Å². The van der Waals surface area contributed by atoms with E-state index in [4.69, 9.17) is 37.6 Å². The monoisotopic (exact) mass is 1230 g/mol. The Kier molecular flexibility index (Phi) is 16.0. The molecular weight excluding hydrogens is 1200 g/mol. The predicted molar refractivity (Wildman–Crippen MR) is 267 cm³/mol. The summed E-state index contributed by atoms with van der Waals surface area (Å²) < 4.78 is 29.3. The van der Waals surface area contributed by atoms with Crippen LogP contribution in [0, 0.1) is 42.2 Å². The van der Waals surface area contributed by atoms with Gasteiger partial charge in [-0.05, 0) is 171 Å². The number of anilines is 4. The summed E-state index contributed by atoms with van der Waals surface area (Å²) in [5.41, 5.74) is 3.23. The molecule has 4 aromatic carbocycles. The number of amides is 3. The fourth-order valence-electron chi connectivity index (χ4n) is 7.81. The van der Waals surface area contributed by atoms with Crippen molar-refractivity contribution in [2.75, 3.05) is 26.6 Å². The molecule has 0 atom stereocenters. The maximum absolute atomic E-state index is 14.6. The van der Waals surface area contributed by atoms with E-state index in [2.05, 4.69) is 55.0 Å². The van der Waals surface area contributed by atoms with Crippen molar-refractivity contribution < 1.29 is 32.6 Å². The molecule has 0 radical (unpaired) electrons. The molecule has 4 aliphatic rings. The van der Waals surface area contributed by atoms with Crippen LogP contribution < -0.4 is 24.9 Å². The van der Waals surface area contributed by atoms with Crippen molar-refractivity contribution in [2.45, 2.75) is 70.9 Å². The molecule has 4 aromatic rings. The first-order valence-corrected chi connectivity index (χ1v) is 29.3. The average Bonchev–Trinajstić information content (AvgIpc) is 3.58. The second kappa shape index (κ2) is 20.0. The summed E-state index contributed by atoms with van der Waals surface area (Å²) in [6.07, 6.45) is 4.40. The molecule has 315 valence electrons. The Balaban J connectivity index is 0.000000215. The Morgan fingerprint density at radius 1 is 0.721 bits per heavy atom. The van der Waals surface area contributed by atoms with Gasteiger partial charge in [-0.3, -0.25) is 24.2 Å². The van der Waals surface area contributed by atoms with Gasteiger partial charge in [0, 0.05) is 33.4 Å². The molecule has 2 spiro atoms. The summed E-state index contributed by atoms with van der Waals surface area (Å²) in [4.78, 5) is 52.1. The number of nitrogens with zero attached hydrogens (tertiary/aromatic N) is 6. The molecule has 0 unspecified atom stereocenters. The average molecular weight is 1230 g/mol. The molecule has 0 aromatic heterocycles. The quantitative estimate of drug-likeness (QED) is 0.121. The number of carbonyl (C=O) groups excluding carboxylic acids is 3. The van der Waals surface area contributed by atoms with E-state index >= 15 is 0 Å². The number of nitrogens with one attached hydrogen (secondary N) is 1. The van der Waals surface area contributed by atoms with Crippen LogP contribution in [0.2, 0.25) is 0 Å². The van der Waals surface area contributed by atoms with Crippen LogP contribution in [0.5, 0.6) is 0 Å². The van der Waals surface area contributed by atoms with Gasteiger partial charge in [-0.2, -0.15) is 0 Å². The van der Waals surface area contributed by atoms with E-state index in [0.717, 1.165) is 24.0 Å². The van der Waals surface area contributed by atoms with Gasteiger partial charge in [0.1, 0.15) is 22.7 Å². The Labute approximate surface area is 407 Å². The summed E-state index contributed by atoms with van der Waals surface area (Å²) in [5, 5.41) is 3.03. The van der Waals surface area contributed by atoms with Gasteiger partial charge in [0.25, 0.3) is 17.7 Å². The Morgan fingerprint density at radius 3 is 1.44 bits per heavy atom. The van der Waals surface area contributed by atoms with Crippen LogP contribution in [0.25, 0.3) is 9.69 Å². The second-order valence-electron chi connectivity index (χ2n) is 14.4. The molecule has 0 bridgehead atoms. The zero-order valence-electron chi connectivity index (χ0n) is 32.2. The fraction of sp³-hybridized carbons (Fsp3) is 0.279. The van der Waals surface area contributed by atoms with Crippen molar-refractivity contribution in [1.29, 1.82) is 0 Å². The predicted octanol–water partition coefficient (Wildman–Crippen LogP) is 11.9. The van der Waals surface area contributed by atoms with Crippen LogP contribution in [0.1, 0.15) is 67.4 Å². The SMILES string of the molecule is C.[C-]#[N+]c1ccc(N2C(=O)C3(CCC3)N(c3ccc(C(=O)NC)c(F)c3)C2=S)cc1C.[C-]#[N+]c1ccc(N2C(=O)C3(CCC3)N(c3ccc(I)c(F)c3)C2=S)cc1C.[I][V][I]. The third kappa shape index (κ3) is 8.81. The summed E-state index contributed by atoms with van der Waals surface area (Å²) >= 11 is 18.0. The standard InChI is InChI=1S/C22H19FN4O2S.C20H15FIN3OS.CH4.2HI.V/c1-13-11-14(6-8-18(13)24-2)26-20(29)22(9-4-10-22)27(21(26)30)15-5-7-16(17(23)12-15)19(28)25-3;1-12-10-13(5-7-17(12)23-2)24-18(26)20(8-3-9-20)25(19(24)27)14-4-6-16(22)15(21)11-14;;;;/h5-8,11-12H,4,9-10H2,1,3H3,(H,25,28);4-7,10-11H,3,8-9H2,1H3;1H4;2*1H;/q;;;;;+2/p-2. The van der Waals surface area contributed by atoms with Gasteiger partial charge >= 0.3 is 49.4 Å². The zero-order chi connectivity index (χ0) is 43.7. The first-order chi connectivity index (χ1) is 28.6. The van der Waals surface area contributed by atoms with Crippen molar-refractivity contribution >= 4 is 149 Å². The summed E-state index contributed by atoms with van der Waals surface area (Å²) in [5.74, 6) is -1.74. The minimum atomic E-state index is -0.843. The van der Waals surface area contributed by atoms with Gasteiger partial charge < -0.3 is 15.1 Å². The minimum absolute atomic E-state index is 0. The van der Waals surface area contributed by atoms with Crippen LogP contribution >= 0.6 is 87.0 Å². The zero-order valence-corrected chi connectivity index (χ0v) is 41.7. The van der Waals surface area contributed by atoms with Crippen LogP contribution in [0.4, 0.5) is 42.9 Å². The second-order valence-corrected chi connectivity index (χ2v) is 28.0. The van der Waals surface area contributed by atoms with Gasteiger partial charge in [-0.15, -0.1) is 0 Å². The number of rotatable bonds is 5. The normalized spacial score (nSPS) is 16.6. The van der Waals surface area contributed by atoms with E-state index in [1.54, 1.807) is 53.4 Å². The molecule has 2 saturated heterocycles. The molecule has 61 heavy (non-hydrogen) atoms. The van der Waals surface area contributed by atoms with Crippen molar-refractivity contribution in [3.63, 3.8) is 0 Å². The third-order valence-corrected chi connectivity index (χ3v) is 12.8. The summed E-state index contributed by atoms with van der Waals surface area (Å²) in [6.45, 7) is 18.1. The molecule has 18 heteroatoms. The molecular formula is C43H38F2I3N7O3S2V. The maximum atomic E-state index is 14.6. The van der Waals surface area contributed by atoms with Gasteiger partial charge in [-0.25, -0.2) is 18.5 Å². The Hall–Kier alpha value is -3.32. The molecule has 2 heterocycles. The van der Waals surface area contributed by atoms with Gasteiger partial charge in [0.05, 0.1) is 18.7 Å². The van der Waals surface area contributed by atoms with Crippen LogP contribution in [0.3, 0.4) is 0 Å². The number of carbonyl (C=O) groups is 3. The molecule has 3 amide bonds. The molecule has 2 aliphatic heterocycles. The van der Waals surface area contributed by atoms with Crippen molar-refractivity contribution in [1.82, 2.24) is 5.32 Å². The topological polar surface area (TPSA) is 84.9 Å². The molecule has 8 rings (SSSR count). The molecule has 2 aliphatic carbocycles. The van der Waals surface area contributed by atoms with Gasteiger partial charge in [0.15, 0.2) is 21.6 Å². The Bertz CT molecular complexity index is 2550. The molecule has 2 saturated carbocycles. The number of benzene rings is 4. The van der Waals surface area contributed by atoms with E-state index in [-0.39, 0.29) is 35.7 Å². The molecule has 4 fully saturated rings. The van der Waals surface area contributed by atoms with Crippen LogP contribution in [-0.4, -0.2) is 46.1 Å². The number of halogens is 5. The fourth-order valence-corrected chi connectivity index (χ4v) is 9.08. The van der Waals surface area contributed by atoms with Crippen molar-refractivity contribution in [3.05, 3.63) is 128 Å². The first kappa shape index (κ1) is 48.7. The van der Waals surface area contributed by atoms with Crippen LogP contribution in [0.15, 0.2) is 72.8 Å². The summed E-state index contributed by atoms with van der Waals surface area (Å²) in [6, 6.07) is 19.6. The van der Waals surface area contributed by atoms with E-state index in [1.807, 2.05) is 47.4 Å². The van der Waals surface area contributed by atoms with Crippen molar-refractivity contribution in [3.8, 4) is 0 Å². The first-order valence-electron chi connectivity index (χ1n) is 18.4. The molecule has 1 N–H and O–H groups in total. The van der Waals surface area contributed by atoms with Gasteiger partial charge in [0.2, 0.25) is 0 Å². The van der Waals surface area contributed by atoms with Gasteiger partial charge in [-0.1, -0.05) is 19.6 Å². The number of aryl methyl sites for hydroxylation is 2. The van der Waals surface area contributed by atoms with Crippen LogP contribution in [-0.2, 0) is 19.1 Å². The number of hydrogen-bond acceptors (Lipinski definition) is 5. The number of thiocarbonyl (C=S) groups is 2.